The van der Waals surface area contributed by atoms with Crippen LogP contribution in [-0.2, 0) is 4.79 Å². The van der Waals surface area contributed by atoms with Gasteiger partial charge in [-0.15, -0.1) is 12.4 Å². The van der Waals surface area contributed by atoms with Crippen LogP contribution >= 0.6 is 12.4 Å². The summed E-state index contributed by atoms with van der Waals surface area (Å²) in [5, 5.41) is 2.69. The maximum absolute atomic E-state index is 11.5. The van der Waals surface area contributed by atoms with Gasteiger partial charge in [-0.05, 0) is 19.8 Å². The largest absolute Gasteiger partial charge is 0.359 e. The van der Waals surface area contributed by atoms with Crippen molar-refractivity contribution in [1.29, 1.82) is 0 Å². The fourth-order valence-electron chi connectivity index (χ4n) is 1.93. The second-order valence-corrected chi connectivity index (χ2v) is 3.85. The van der Waals surface area contributed by atoms with Gasteiger partial charge in [-0.1, -0.05) is 12.8 Å². The van der Waals surface area contributed by atoms with E-state index in [4.69, 9.17) is 5.73 Å². The van der Waals surface area contributed by atoms with Gasteiger partial charge < -0.3 is 11.1 Å². The highest BCUT2D eigenvalue weighted by Crippen LogP contribution is 2.34. The molecule has 1 saturated carbocycles. The summed E-state index contributed by atoms with van der Waals surface area (Å²) in [4.78, 5) is 11.5. The summed E-state index contributed by atoms with van der Waals surface area (Å²) in [7, 11) is 1.68. The van der Waals surface area contributed by atoms with E-state index in [1.54, 1.807) is 7.05 Å². The maximum atomic E-state index is 11.5. The summed E-state index contributed by atoms with van der Waals surface area (Å²) in [6, 6.07) is 0.0335. The molecule has 4 heteroatoms. The van der Waals surface area contributed by atoms with Gasteiger partial charge in [-0.2, -0.15) is 0 Å². The Hall–Kier alpha value is -0.280. The molecular weight excluding hydrogens is 188 g/mol. The highest BCUT2D eigenvalue weighted by Gasteiger charge is 2.40. The summed E-state index contributed by atoms with van der Waals surface area (Å²) in [6.07, 6.45) is 4.18. The van der Waals surface area contributed by atoms with Crippen molar-refractivity contribution in [1.82, 2.24) is 5.32 Å². The molecule has 0 aromatic heterocycles. The number of rotatable bonds is 1. The van der Waals surface area contributed by atoms with Gasteiger partial charge in [0.25, 0.3) is 0 Å². The topological polar surface area (TPSA) is 55.1 Å². The first-order chi connectivity index (χ1) is 5.61. The third kappa shape index (κ3) is 2.35. The van der Waals surface area contributed by atoms with Crippen molar-refractivity contribution in [2.45, 2.75) is 38.6 Å². The Morgan fingerprint density at radius 3 is 2.62 bits per heavy atom. The molecule has 0 radical (unpaired) electrons. The molecule has 1 amide bonds. The SMILES string of the molecule is CNC(=O)C1(C)CCCCC1N.Cl. The first-order valence-corrected chi connectivity index (χ1v) is 4.59. The van der Waals surface area contributed by atoms with Crippen LogP contribution in [0.5, 0.6) is 0 Å². The number of halogens is 1. The summed E-state index contributed by atoms with van der Waals surface area (Å²) < 4.78 is 0. The number of hydrogen-bond acceptors (Lipinski definition) is 2. The predicted molar refractivity (Wildman–Crippen MR) is 55.9 cm³/mol. The van der Waals surface area contributed by atoms with Crippen LogP contribution in [0.1, 0.15) is 32.6 Å². The van der Waals surface area contributed by atoms with Gasteiger partial charge in [-0.3, -0.25) is 4.79 Å². The minimum Gasteiger partial charge on any atom is -0.359 e. The quantitative estimate of drug-likeness (QED) is 0.674. The lowest BCUT2D eigenvalue weighted by Crippen LogP contribution is -2.51. The zero-order valence-electron chi connectivity index (χ0n) is 8.30. The normalized spacial score (nSPS) is 33.3. The van der Waals surface area contributed by atoms with Gasteiger partial charge in [0.1, 0.15) is 0 Å². The average Bonchev–Trinajstić information content (AvgIpc) is 2.09. The predicted octanol–water partition coefficient (Wildman–Crippen LogP) is 1.06. The van der Waals surface area contributed by atoms with Gasteiger partial charge in [0.05, 0.1) is 5.41 Å². The number of amides is 1. The van der Waals surface area contributed by atoms with Crippen molar-refractivity contribution in [2.75, 3.05) is 7.05 Å². The summed E-state index contributed by atoms with van der Waals surface area (Å²) in [6.45, 7) is 1.97. The maximum Gasteiger partial charge on any atom is 0.227 e. The molecule has 0 heterocycles. The van der Waals surface area contributed by atoms with E-state index in [2.05, 4.69) is 5.32 Å². The fraction of sp³-hybridized carbons (Fsp3) is 0.889. The molecule has 2 atom stereocenters. The van der Waals surface area contributed by atoms with E-state index in [0.29, 0.717) is 0 Å². The zero-order chi connectivity index (χ0) is 9.19. The van der Waals surface area contributed by atoms with Gasteiger partial charge in [0.2, 0.25) is 5.91 Å². The highest BCUT2D eigenvalue weighted by molar-refractivity contribution is 5.85. The minimum atomic E-state index is -0.326. The van der Waals surface area contributed by atoms with Gasteiger partial charge in [0, 0.05) is 13.1 Å². The lowest BCUT2D eigenvalue weighted by atomic mass is 9.71. The van der Waals surface area contributed by atoms with Crippen molar-refractivity contribution < 1.29 is 4.79 Å². The van der Waals surface area contributed by atoms with E-state index in [1.807, 2.05) is 6.92 Å². The van der Waals surface area contributed by atoms with Crippen molar-refractivity contribution >= 4 is 18.3 Å². The van der Waals surface area contributed by atoms with Crippen LogP contribution in [0.25, 0.3) is 0 Å². The van der Waals surface area contributed by atoms with Crippen molar-refractivity contribution in [2.24, 2.45) is 11.1 Å². The van der Waals surface area contributed by atoms with Crippen LogP contribution in [0.4, 0.5) is 0 Å². The second kappa shape index (κ2) is 4.82. The molecule has 78 valence electrons. The molecule has 0 spiro atoms. The molecule has 3 nitrogen and oxygen atoms in total. The Bertz CT molecular complexity index is 186. The average molecular weight is 207 g/mol. The lowest BCUT2D eigenvalue weighted by molar-refractivity contribution is -0.132. The van der Waals surface area contributed by atoms with Crippen LogP contribution in [0.3, 0.4) is 0 Å². The minimum absolute atomic E-state index is 0. The molecule has 0 aromatic rings. The Labute approximate surface area is 85.9 Å². The van der Waals surface area contributed by atoms with Crippen LogP contribution in [0.15, 0.2) is 0 Å². The molecule has 3 N–H and O–H groups in total. The van der Waals surface area contributed by atoms with E-state index >= 15 is 0 Å². The molecular formula is C9H19ClN2O. The molecule has 1 aliphatic carbocycles. The second-order valence-electron chi connectivity index (χ2n) is 3.85. The number of nitrogens with one attached hydrogen (secondary N) is 1. The molecule has 0 saturated heterocycles. The van der Waals surface area contributed by atoms with Gasteiger partial charge in [-0.25, -0.2) is 0 Å². The van der Waals surface area contributed by atoms with Crippen LogP contribution < -0.4 is 11.1 Å². The molecule has 2 unspecified atom stereocenters. The first-order valence-electron chi connectivity index (χ1n) is 4.59. The van der Waals surface area contributed by atoms with Crippen molar-refractivity contribution in [3.63, 3.8) is 0 Å². The molecule has 13 heavy (non-hydrogen) atoms. The standard InChI is InChI=1S/C9H18N2O.ClH/c1-9(8(12)11-2)6-4-3-5-7(9)10;/h7H,3-6,10H2,1-2H3,(H,11,12);1H. The van der Waals surface area contributed by atoms with E-state index in [9.17, 15) is 4.79 Å². The fourth-order valence-corrected chi connectivity index (χ4v) is 1.93. The zero-order valence-corrected chi connectivity index (χ0v) is 9.12. The van der Waals surface area contributed by atoms with Crippen molar-refractivity contribution in [3.05, 3.63) is 0 Å². The van der Waals surface area contributed by atoms with Crippen LogP contribution in [0, 0.1) is 5.41 Å². The smallest absolute Gasteiger partial charge is 0.227 e. The lowest BCUT2D eigenvalue weighted by Gasteiger charge is -2.37. The monoisotopic (exact) mass is 206 g/mol. The Balaban J connectivity index is 0.00000144. The molecule has 1 aliphatic rings. The molecule has 0 aliphatic heterocycles. The van der Waals surface area contributed by atoms with E-state index in [0.717, 1.165) is 25.7 Å². The summed E-state index contributed by atoms with van der Waals surface area (Å²) in [5.41, 5.74) is 5.60. The number of nitrogens with two attached hydrogens (primary N) is 1. The molecule has 0 bridgehead atoms. The highest BCUT2D eigenvalue weighted by atomic mass is 35.5. The van der Waals surface area contributed by atoms with E-state index in [1.165, 1.54) is 0 Å². The summed E-state index contributed by atoms with van der Waals surface area (Å²) >= 11 is 0. The summed E-state index contributed by atoms with van der Waals surface area (Å²) in [5.74, 6) is 0.0923. The van der Waals surface area contributed by atoms with E-state index in [-0.39, 0.29) is 29.8 Å². The third-order valence-electron chi connectivity index (χ3n) is 3.03. The molecule has 1 rings (SSSR count). The van der Waals surface area contributed by atoms with Crippen LogP contribution in [-0.4, -0.2) is 19.0 Å². The first kappa shape index (κ1) is 12.7. The number of carbonyl (C=O) groups is 1. The van der Waals surface area contributed by atoms with Crippen LogP contribution in [0.2, 0.25) is 0 Å². The van der Waals surface area contributed by atoms with E-state index < -0.39 is 0 Å². The number of carbonyl (C=O) groups excluding carboxylic acids is 1. The third-order valence-corrected chi connectivity index (χ3v) is 3.03. The number of hydrogen-bond donors (Lipinski definition) is 2. The molecule has 0 aromatic carbocycles. The van der Waals surface area contributed by atoms with Crippen molar-refractivity contribution in [3.8, 4) is 0 Å². The Morgan fingerprint density at radius 1 is 1.54 bits per heavy atom. The van der Waals surface area contributed by atoms with Gasteiger partial charge in [0.15, 0.2) is 0 Å². The Morgan fingerprint density at radius 2 is 2.15 bits per heavy atom. The molecule has 1 fully saturated rings. The Kier molecular flexibility index (Phi) is 4.71. The van der Waals surface area contributed by atoms with Gasteiger partial charge >= 0.3 is 0 Å².